The summed E-state index contributed by atoms with van der Waals surface area (Å²) in [5.41, 5.74) is 0.710. The molecule has 0 aliphatic carbocycles. The standard InChI is InChI=1S/C16H21N3O4S2/c1-11(9-13-5-4-8-24-13)17-16(20)18-12-6-7-15(23-2)14(10-12)19-25(3,21)22/h4-8,10-11,19H,9H2,1-3H3,(H2,17,18,20)/t11-/m1/s1. The number of nitrogens with one attached hydrogen (secondary N) is 3. The van der Waals surface area contributed by atoms with Gasteiger partial charge in [-0.25, -0.2) is 13.2 Å². The van der Waals surface area contributed by atoms with Crippen molar-refractivity contribution in [1.82, 2.24) is 5.32 Å². The number of carbonyl (C=O) groups is 1. The van der Waals surface area contributed by atoms with Crippen molar-refractivity contribution in [3.05, 3.63) is 40.6 Å². The average molecular weight is 383 g/mol. The van der Waals surface area contributed by atoms with Gasteiger partial charge in [0.15, 0.2) is 0 Å². The number of benzene rings is 1. The molecule has 0 saturated carbocycles. The summed E-state index contributed by atoms with van der Waals surface area (Å²) in [6.07, 6.45) is 1.79. The van der Waals surface area contributed by atoms with E-state index in [9.17, 15) is 13.2 Å². The summed E-state index contributed by atoms with van der Waals surface area (Å²) >= 11 is 1.64. The molecule has 0 unspecified atom stereocenters. The fourth-order valence-electron chi connectivity index (χ4n) is 2.24. The molecule has 0 aliphatic rings. The van der Waals surface area contributed by atoms with Gasteiger partial charge < -0.3 is 15.4 Å². The first-order valence-corrected chi connectivity index (χ1v) is 10.3. The maximum Gasteiger partial charge on any atom is 0.319 e. The molecule has 1 aromatic carbocycles. The van der Waals surface area contributed by atoms with Gasteiger partial charge in [-0.3, -0.25) is 4.72 Å². The lowest BCUT2D eigenvalue weighted by Crippen LogP contribution is -2.37. The van der Waals surface area contributed by atoms with E-state index in [0.717, 1.165) is 12.7 Å². The number of anilines is 2. The van der Waals surface area contributed by atoms with Crippen LogP contribution in [0.5, 0.6) is 5.75 Å². The minimum absolute atomic E-state index is 0.0366. The monoisotopic (exact) mass is 383 g/mol. The van der Waals surface area contributed by atoms with Crippen LogP contribution in [0.15, 0.2) is 35.7 Å². The Kier molecular flexibility index (Phi) is 6.27. The van der Waals surface area contributed by atoms with E-state index in [0.29, 0.717) is 11.4 Å². The zero-order chi connectivity index (χ0) is 18.4. The van der Waals surface area contributed by atoms with Gasteiger partial charge in [0, 0.05) is 23.0 Å². The van der Waals surface area contributed by atoms with Crippen molar-refractivity contribution in [3.8, 4) is 5.75 Å². The highest BCUT2D eigenvalue weighted by molar-refractivity contribution is 7.92. The molecule has 136 valence electrons. The minimum atomic E-state index is -3.46. The predicted octanol–water partition coefficient (Wildman–Crippen LogP) is 2.88. The number of methoxy groups -OCH3 is 1. The van der Waals surface area contributed by atoms with E-state index in [2.05, 4.69) is 15.4 Å². The lowest BCUT2D eigenvalue weighted by atomic mass is 10.2. The van der Waals surface area contributed by atoms with Crippen LogP contribution in [0.4, 0.5) is 16.2 Å². The highest BCUT2D eigenvalue weighted by Gasteiger charge is 2.12. The zero-order valence-electron chi connectivity index (χ0n) is 14.2. The van der Waals surface area contributed by atoms with Crippen LogP contribution in [0.2, 0.25) is 0 Å². The number of hydrogen-bond acceptors (Lipinski definition) is 5. The van der Waals surface area contributed by atoms with Crippen molar-refractivity contribution >= 4 is 38.8 Å². The summed E-state index contributed by atoms with van der Waals surface area (Å²) in [5, 5.41) is 7.54. The molecule has 0 fully saturated rings. The Bertz CT molecular complexity index is 820. The number of thiophene rings is 1. The second-order valence-corrected chi connectivity index (χ2v) is 8.35. The highest BCUT2D eigenvalue weighted by Crippen LogP contribution is 2.28. The van der Waals surface area contributed by atoms with Gasteiger partial charge in [-0.05, 0) is 36.6 Å². The highest BCUT2D eigenvalue weighted by atomic mass is 32.2. The Labute approximate surface area is 151 Å². The first-order valence-electron chi connectivity index (χ1n) is 7.52. The van der Waals surface area contributed by atoms with Crippen LogP contribution < -0.4 is 20.1 Å². The molecule has 1 heterocycles. The van der Waals surface area contributed by atoms with Crippen LogP contribution in [0.3, 0.4) is 0 Å². The lowest BCUT2D eigenvalue weighted by Gasteiger charge is -2.15. The van der Waals surface area contributed by atoms with Gasteiger partial charge in [0.2, 0.25) is 10.0 Å². The first kappa shape index (κ1) is 19.1. The molecule has 2 amide bonds. The van der Waals surface area contributed by atoms with Crippen LogP contribution in [0.1, 0.15) is 11.8 Å². The molecule has 9 heteroatoms. The van der Waals surface area contributed by atoms with Gasteiger partial charge in [0.25, 0.3) is 0 Å². The second-order valence-electron chi connectivity index (χ2n) is 5.57. The first-order chi connectivity index (χ1) is 11.8. The predicted molar refractivity (Wildman–Crippen MR) is 101 cm³/mol. The second kappa shape index (κ2) is 8.21. The number of rotatable bonds is 7. The Morgan fingerprint density at radius 1 is 1.32 bits per heavy atom. The van der Waals surface area contributed by atoms with Crippen LogP contribution in [-0.4, -0.2) is 33.9 Å². The van der Waals surface area contributed by atoms with Gasteiger partial charge in [-0.15, -0.1) is 11.3 Å². The Morgan fingerprint density at radius 3 is 2.68 bits per heavy atom. The number of ether oxygens (including phenoxy) is 1. The third kappa shape index (κ3) is 6.28. The molecule has 2 rings (SSSR count). The maximum atomic E-state index is 12.1. The number of sulfonamides is 1. The van der Waals surface area contributed by atoms with Crippen molar-refractivity contribution < 1.29 is 17.9 Å². The summed E-state index contributed by atoms with van der Waals surface area (Å²) in [5.74, 6) is 0.363. The molecule has 0 bridgehead atoms. The zero-order valence-corrected chi connectivity index (χ0v) is 15.8. The molecular weight excluding hydrogens is 362 g/mol. The van der Waals surface area contributed by atoms with Gasteiger partial charge in [-0.2, -0.15) is 0 Å². The molecule has 0 radical (unpaired) electrons. The maximum absolute atomic E-state index is 12.1. The topological polar surface area (TPSA) is 96.5 Å². The smallest absolute Gasteiger partial charge is 0.319 e. The third-order valence-corrected chi connectivity index (χ3v) is 4.71. The van der Waals surface area contributed by atoms with Gasteiger partial charge in [0.1, 0.15) is 5.75 Å². The number of urea groups is 1. The van der Waals surface area contributed by atoms with E-state index in [1.54, 1.807) is 23.5 Å². The summed E-state index contributed by atoms with van der Waals surface area (Å²) in [6.45, 7) is 1.92. The molecule has 0 aliphatic heterocycles. The molecule has 25 heavy (non-hydrogen) atoms. The fourth-order valence-corrected chi connectivity index (χ4v) is 3.63. The number of carbonyl (C=O) groups excluding carboxylic acids is 1. The van der Waals surface area contributed by atoms with Crippen molar-refractivity contribution in [2.75, 3.05) is 23.4 Å². The molecule has 2 aromatic rings. The van der Waals surface area contributed by atoms with Crippen molar-refractivity contribution in [2.45, 2.75) is 19.4 Å². The lowest BCUT2D eigenvalue weighted by molar-refractivity contribution is 0.249. The quantitative estimate of drug-likeness (QED) is 0.685. The van der Waals surface area contributed by atoms with E-state index in [-0.39, 0.29) is 17.8 Å². The normalized spacial score (nSPS) is 12.3. The molecule has 1 atom stereocenters. The van der Waals surface area contributed by atoms with E-state index in [1.165, 1.54) is 18.1 Å². The van der Waals surface area contributed by atoms with Crippen LogP contribution in [0.25, 0.3) is 0 Å². The Hall–Kier alpha value is -2.26. The third-order valence-electron chi connectivity index (χ3n) is 3.22. The summed E-state index contributed by atoms with van der Waals surface area (Å²) in [6, 6.07) is 8.32. The van der Waals surface area contributed by atoms with Crippen LogP contribution in [-0.2, 0) is 16.4 Å². The Balaban J connectivity index is 2.01. The van der Waals surface area contributed by atoms with Gasteiger partial charge >= 0.3 is 6.03 Å². The van der Waals surface area contributed by atoms with Crippen LogP contribution in [0, 0.1) is 0 Å². The molecule has 3 N–H and O–H groups in total. The molecule has 7 nitrogen and oxygen atoms in total. The van der Waals surface area contributed by atoms with Gasteiger partial charge in [-0.1, -0.05) is 6.07 Å². The van der Waals surface area contributed by atoms with Gasteiger partial charge in [0.05, 0.1) is 19.1 Å². The summed E-state index contributed by atoms with van der Waals surface area (Å²) < 4.78 is 30.3. The molecule has 0 spiro atoms. The molecular formula is C16H21N3O4S2. The summed E-state index contributed by atoms with van der Waals surface area (Å²) in [7, 11) is -2.02. The van der Waals surface area contributed by atoms with Crippen LogP contribution >= 0.6 is 11.3 Å². The van der Waals surface area contributed by atoms with E-state index in [1.807, 2.05) is 24.4 Å². The SMILES string of the molecule is COc1ccc(NC(=O)N[C@H](C)Cc2cccs2)cc1NS(C)(=O)=O. The molecule has 0 saturated heterocycles. The van der Waals surface area contributed by atoms with E-state index < -0.39 is 10.0 Å². The van der Waals surface area contributed by atoms with Crippen molar-refractivity contribution in [3.63, 3.8) is 0 Å². The largest absolute Gasteiger partial charge is 0.495 e. The molecule has 1 aromatic heterocycles. The number of amides is 2. The van der Waals surface area contributed by atoms with Crippen molar-refractivity contribution in [1.29, 1.82) is 0 Å². The van der Waals surface area contributed by atoms with Crippen molar-refractivity contribution in [2.24, 2.45) is 0 Å². The minimum Gasteiger partial charge on any atom is -0.495 e. The summed E-state index contributed by atoms with van der Waals surface area (Å²) in [4.78, 5) is 13.3. The average Bonchev–Trinajstić information content (AvgIpc) is 2.98. The fraction of sp³-hybridized carbons (Fsp3) is 0.312. The number of hydrogen-bond donors (Lipinski definition) is 3. The van der Waals surface area contributed by atoms with E-state index in [4.69, 9.17) is 4.74 Å². The van der Waals surface area contributed by atoms with E-state index >= 15 is 0 Å². The Morgan fingerprint density at radius 2 is 2.08 bits per heavy atom.